The van der Waals surface area contributed by atoms with E-state index in [9.17, 15) is 41.4 Å². The lowest BCUT2D eigenvalue weighted by atomic mass is 9.91. The second kappa shape index (κ2) is 13.0. The van der Waals surface area contributed by atoms with Crippen molar-refractivity contribution >= 4 is 35.0 Å². The number of benzene rings is 1. The molecule has 2 aliphatic rings. The van der Waals surface area contributed by atoms with Crippen LogP contribution in [0.3, 0.4) is 0 Å². The highest BCUT2D eigenvalue weighted by Gasteiger charge is 2.39. The highest BCUT2D eigenvalue weighted by atomic mass is 35.5. The van der Waals surface area contributed by atoms with Crippen LogP contribution in [0, 0.1) is 0 Å². The van der Waals surface area contributed by atoms with E-state index in [1.54, 1.807) is 9.80 Å². The normalized spacial score (nSPS) is 16.5. The van der Waals surface area contributed by atoms with Crippen molar-refractivity contribution in [3.63, 3.8) is 0 Å². The Bertz CT molecular complexity index is 1630. The minimum atomic E-state index is -4.95. The standard InChI is InChI=1S/C28H30ClF5N8O4/c1-39-20(18-12-42(13-21(30)31)38-23(18)28(32,33)34)11-36-24(39)25(44)37-16-2-3-17(19(29)10-16)26(45)41-8-6-40(7-9-41)22(43)4-5-27(46)14-35-15-27/h2-3,10-12,21,35,46H,4-9,13-15H2,1H3,(H,37,44). The van der Waals surface area contributed by atoms with Crippen molar-refractivity contribution in [3.05, 3.63) is 52.7 Å². The molecule has 0 aliphatic carbocycles. The van der Waals surface area contributed by atoms with E-state index in [2.05, 4.69) is 20.7 Å². The van der Waals surface area contributed by atoms with Crippen LogP contribution in [0.2, 0.25) is 5.02 Å². The van der Waals surface area contributed by atoms with Gasteiger partial charge in [0.05, 0.1) is 33.6 Å². The van der Waals surface area contributed by atoms with E-state index < -0.39 is 41.9 Å². The number of amides is 3. The third-order valence-corrected chi connectivity index (χ3v) is 8.22. The summed E-state index contributed by atoms with van der Waals surface area (Å²) in [4.78, 5) is 45.8. The van der Waals surface area contributed by atoms with Crippen molar-refractivity contribution in [2.24, 2.45) is 7.05 Å². The number of alkyl halides is 5. The maximum absolute atomic E-state index is 13.6. The Balaban J connectivity index is 1.21. The molecular weight excluding hydrogens is 643 g/mol. The molecule has 4 heterocycles. The molecular formula is C28H30ClF5N8O4. The molecule has 0 radical (unpaired) electrons. The third kappa shape index (κ3) is 7.15. The van der Waals surface area contributed by atoms with Gasteiger partial charge in [-0.1, -0.05) is 11.6 Å². The number of rotatable bonds is 9. The number of β-amino-alcohol motifs (C(OH)–C–C–N with tert-alkyl or cyclic N) is 1. The number of carbonyl (C=O) groups excluding carboxylic acids is 3. The van der Waals surface area contributed by atoms with E-state index in [1.165, 1.54) is 25.2 Å². The quantitative estimate of drug-likeness (QED) is 0.298. The first-order valence-electron chi connectivity index (χ1n) is 14.2. The summed E-state index contributed by atoms with van der Waals surface area (Å²) in [6, 6.07) is 4.19. The van der Waals surface area contributed by atoms with Gasteiger partial charge in [-0.25, -0.2) is 13.8 Å². The lowest BCUT2D eigenvalue weighted by molar-refractivity contribution is -0.141. The first-order chi connectivity index (χ1) is 21.6. The average Bonchev–Trinajstić information content (AvgIpc) is 3.57. The molecule has 3 aromatic rings. The number of nitrogens with zero attached hydrogens (tertiary/aromatic N) is 6. The van der Waals surface area contributed by atoms with Gasteiger partial charge in [-0.15, -0.1) is 0 Å². The molecule has 2 saturated heterocycles. The number of carbonyl (C=O) groups is 3. The first kappa shape index (κ1) is 33.3. The van der Waals surface area contributed by atoms with Crippen molar-refractivity contribution in [1.82, 2.24) is 34.4 Å². The molecule has 0 spiro atoms. The monoisotopic (exact) mass is 672 g/mol. The average molecular weight is 673 g/mol. The summed E-state index contributed by atoms with van der Waals surface area (Å²) >= 11 is 6.39. The summed E-state index contributed by atoms with van der Waals surface area (Å²) in [5.41, 5.74) is -2.60. The Hall–Kier alpha value is -4.09. The molecule has 0 unspecified atom stereocenters. The molecule has 3 N–H and O–H groups in total. The van der Waals surface area contributed by atoms with Gasteiger partial charge in [-0.05, 0) is 24.6 Å². The van der Waals surface area contributed by atoms with Gasteiger partial charge in [0.25, 0.3) is 18.2 Å². The van der Waals surface area contributed by atoms with Crippen LogP contribution in [0.1, 0.15) is 39.5 Å². The summed E-state index contributed by atoms with van der Waals surface area (Å²) in [6.07, 6.45) is -5.48. The Kier molecular flexibility index (Phi) is 9.38. The van der Waals surface area contributed by atoms with E-state index >= 15 is 0 Å². The number of nitrogens with one attached hydrogen (secondary N) is 2. The van der Waals surface area contributed by atoms with Crippen LogP contribution in [0.15, 0.2) is 30.6 Å². The molecule has 3 amide bonds. The zero-order valence-corrected chi connectivity index (χ0v) is 25.2. The highest BCUT2D eigenvalue weighted by Crippen LogP contribution is 2.36. The third-order valence-electron chi connectivity index (χ3n) is 7.91. The van der Waals surface area contributed by atoms with Crippen molar-refractivity contribution in [2.75, 3.05) is 44.6 Å². The second-order valence-corrected chi connectivity index (χ2v) is 11.6. The van der Waals surface area contributed by atoms with Crippen molar-refractivity contribution < 1.29 is 41.4 Å². The zero-order valence-electron chi connectivity index (χ0n) is 24.5. The fraction of sp³-hybridized carbons (Fsp3) is 0.464. The lowest BCUT2D eigenvalue weighted by Gasteiger charge is -2.39. The van der Waals surface area contributed by atoms with Gasteiger partial charge >= 0.3 is 6.18 Å². The molecule has 2 fully saturated rings. The summed E-state index contributed by atoms with van der Waals surface area (Å²) in [7, 11) is 1.29. The van der Waals surface area contributed by atoms with Gasteiger partial charge < -0.3 is 30.1 Å². The second-order valence-electron chi connectivity index (χ2n) is 11.2. The maximum Gasteiger partial charge on any atom is 0.435 e. The summed E-state index contributed by atoms with van der Waals surface area (Å²) in [6.45, 7) is 1.10. The van der Waals surface area contributed by atoms with Gasteiger partial charge in [-0.2, -0.15) is 18.3 Å². The molecule has 12 nitrogen and oxygen atoms in total. The molecule has 0 saturated carbocycles. The number of imidazole rings is 1. The van der Waals surface area contributed by atoms with E-state index in [0.29, 0.717) is 37.3 Å². The van der Waals surface area contributed by atoms with Gasteiger partial charge in [-0.3, -0.25) is 19.1 Å². The number of aliphatic hydroxyl groups is 1. The fourth-order valence-corrected chi connectivity index (χ4v) is 5.56. The first-order valence-corrected chi connectivity index (χ1v) is 14.6. The van der Waals surface area contributed by atoms with Gasteiger partial charge in [0.2, 0.25) is 5.91 Å². The molecule has 2 aromatic heterocycles. The van der Waals surface area contributed by atoms with Crippen molar-refractivity contribution in [3.8, 4) is 11.3 Å². The van der Waals surface area contributed by atoms with E-state index in [4.69, 9.17) is 11.6 Å². The SMILES string of the molecule is Cn1c(-c2cn(CC(F)F)nc2C(F)(F)F)cnc1C(=O)Nc1ccc(C(=O)N2CCN(C(=O)CCC3(O)CNC3)CC2)c(Cl)c1. The molecule has 0 atom stereocenters. The van der Waals surface area contributed by atoms with Crippen LogP contribution in [-0.2, 0) is 24.6 Å². The Labute approximate surface area is 264 Å². The Morgan fingerprint density at radius 1 is 1.13 bits per heavy atom. The number of hydrogen-bond donors (Lipinski definition) is 3. The number of piperazine rings is 1. The smallest absolute Gasteiger partial charge is 0.387 e. The lowest BCUT2D eigenvalue weighted by Crippen LogP contribution is -2.59. The minimum Gasteiger partial charge on any atom is -0.387 e. The van der Waals surface area contributed by atoms with Crippen LogP contribution in [0.5, 0.6) is 0 Å². The molecule has 18 heteroatoms. The topological polar surface area (TPSA) is 138 Å². The molecule has 46 heavy (non-hydrogen) atoms. The van der Waals surface area contributed by atoms with Crippen LogP contribution in [0.4, 0.5) is 27.6 Å². The summed E-state index contributed by atoms with van der Waals surface area (Å²) in [5, 5.41) is 19.0. The number of hydrogen-bond acceptors (Lipinski definition) is 7. The van der Waals surface area contributed by atoms with Gasteiger partial charge in [0.15, 0.2) is 11.5 Å². The zero-order chi connectivity index (χ0) is 33.4. The molecule has 5 rings (SSSR count). The van der Waals surface area contributed by atoms with E-state index in [-0.39, 0.29) is 59.1 Å². The predicted molar refractivity (Wildman–Crippen MR) is 154 cm³/mol. The summed E-state index contributed by atoms with van der Waals surface area (Å²) in [5.74, 6) is -1.55. The van der Waals surface area contributed by atoms with Crippen LogP contribution >= 0.6 is 11.6 Å². The largest absolute Gasteiger partial charge is 0.435 e. The fourth-order valence-electron chi connectivity index (χ4n) is 5.29. The number of anilines is 1. The Morgan fingerprint density at radius 2 is 1.80 bits per heavy atom. The van der Waals surface area contributed by atoms with Crippen LogP contribution < -0.4 is 10.6 Å². The predicted octanol–water partition coefficient (Wildman–Crippen LogP) is 2.87. The van der Waals surface area contributed by atoms with Crippen LogP contribution in [-0.4, -0.2) is 103 Å². The maximum atomic E-state index is 13.6. The van der Waals surface area contributed by atoms with E-state index in [0.717, 1.165) is 17.0 Å². The Morgan fingerprint density at radius 3 is 2.39 bits per heavy atom. The van der Waals surface area contributed by atoms with Crippen molar-refractivity contribution in [2.45, 2.75) is 37.6 Å². The molecule has 2 aliphatic heterocycles. The molecule has 0 bridgehead atoms. The number of aromatic nitrogens is 4. The highest BCUT2D eigenvalue weighted by molar-refractivity contribution is 6.34. The van der Waals surface area contributed by atoms with Gasteiger partial charge in [0, 0.05) is 64.6 Å². The number of halogens is 6. The van der Waals surface area contributed by atoms with Gasteiger partial charge in [0.1, 0.15) is 6.54 Å². The van der Waals surface area contributed by atoms with Crippen LogP contribution in [0.25, 0.3) is 11.3 Å². The molecule has 248 valence electrons. The summed E-state index contributed by atoms with van der Waals surface area (Å²) < 4.78 is 68.0. The van der Waals surface area contributed by atoms with Crippen molar-refractivity contribution in [1.29, 1.82) is 0 Å². The molecule has 1 aromatic carbocycles. The minimum absolute atomic E-state index is 0.0328. The van der Waals surface area contributed by atoms with E-state index in [1.807, 2.05) is 0 Å².